The van der Waals surface area contributed by atoms with E-state index in [0.29, 0.717) is 25.9 Å². The van der Waals surface area contributed by atoms with E-state index in [2.05, 4.69) is 26.6 Å². The molecular formula is C15H22BrClN2O3S. The van der Waals surface area contributed by atoms with E-state index in [9.17, 15) is 13.2 Å². The number of carbonyl (C=O) groups is 1. The number of halogens is 2. The number of hydrogen-bond acceptors (Lipinski definition) is 4. The smallest absolute Gasteiger partial charge is 0.242 e. The number of piperidine rings is 1. The van der Waals surface area contributed by atoms with E-state index in [4.69, 9.17) is 0 Å². The lowest BCUT2D eigenvalue weighted by atomic mass is 9.95. The third kappa shape index (κ3) is 4.47. The van der Waals surface area contributed by atoms with Crippen LogP contribution in [-0.4, -0.2) is 38.4 Å². The Balaban J connectivity index is 0.00000264. The van der Waals surface area contributed by atoms with Gasteiger partial charge in [0.1, 0.15) is 0 Å². The molecule has 0 saturated carbocycles. The van der Waals surface area contributed by atoms with Crippen molar-refractivity contribution in [3.05, 3.63) is 34.3 Å². The van der Waals surface area contributed by atoms with Crippen molar-refractivity contribution >= 4 is 44.1 Å². The lowest BCUT2D eigenvalue weighted by Crippen LogP contribution is -2.57. The molecule has 1 heterocycles. The van der Waals surface area contributed by atoms with Crippen LogP contribution < -0.4 is 10.6 Å². The maximum Gasteiger partial charge on any atom is 0.242 e. The molecule has 5 nitrogen and oxygen atoms in total. The summed E-state index contributed by atoms with van der Waals surface area (Å²) in [4.78, 5) is 12.7. The summed E-state index contributed by atoms with van der Waals surface area (Å²) in [7, 11) is -3.48. The van der Waals surface area contributed by atoms with Gasteiger partial charge in [-0.05, 0) is 50.6 Å². The molecule has 2 N–H and O–H groups in total. The molecule has 0 radical (unpaired) electrons. The molecular weight excluding hydrogens is 404 g/mol. The topological polar surface area (TPSA) is 75.3 Å². The molecule has 1 aliphatic heterocycles. The lowest BCUT2D eigenvalue weighted by molar-refractivity contribution is -0.125. The van der Waals surface area contributed by atoms with Crippen LogP contribution in [0.4, 0.5) is 0 Å². The molecule has 0 spiro atoms. The SMILES string of the molecule is CC(NC(=O)C1(S(C)(=O)=O)CCNCC1)c1cccc(Br)c1.Cl. The zero-order valence-corrected chi connectivity index (χ0v) is 16.4. The van der Waals surface area contributed by atoms with E-state index in [-0.39, 0.29) is 18.4 Å². The first-order valence-electron chi connectivity index (χ1n) is 7.23. The van der Waals surface area contributed by atoms with Gasteiger partial charge in [-0.1, -0.05) is 28.1 Å². The minimum atomic E-state index is -3.48. The predicted octanol–water partition coefficient (Wildman–Crippen LogP) is 2.21. The van der Waals surface area contributed by atoms with Crippen LogP contribution in [0.15, 0.2) is 28.7 Å². The summed E-state index contributed by atoms with van der Waals surface area (Å²) < 4.78 is 24.1. The zero-order valence-electron chi connectivity index (χ0n) is 13.1. The lowest BCUT2D eigenvalue weighted by Gasteiger charge is -2.35. The number of nitrogens with one attached hydrogen (secondary N) is 2. The highest BCUT2D eigenvalue weighted by Gasteiger charge is 2.48. The Bertz CT molecular complexity index is 660. The highest BCUT2D eigenvalue weighted by molar-refractivity contribution is 9.10. The third-order valence-corrected chi connectivity index (χ3v) is 6.74. The number of benzene rings is 1. The zero-order chi connectivity index (χ0) is 16.4. The van der Waals surface area contributed by atoms with Gasteiger partial charge in [0.25, 0.3) is 0 Å². The molecule has 2 rings (SSSR count). The second kappa shape index (κ2) is 7.96. The van der Waals surface area contributed by atoms with Crippen molar-refractivity contribution in [2.24, 2.45) is 0 Å². The molecule has 0 aromatic heterocycles. The molecule has 1 atom stereocenters. The summed E-state index contributed by atoms with van der Waals surface area (Å²) in [6, 6.07) is 7.37. The largest absolute Gasteiger partial charge is 0.348 e. The summed E-state index contributed by atoms with van der Waals surface area (Å²) in [5.41, 5.74) is 0.931. The summed E-state index contributed by atoms with van der Waals surface area (Å²) in [5, 5.41) is 5.98. The molecule has 8 heteroatoms. The first kappa shape index (κ1) is 20.4. The predicted molar refractivity (Wildman–Crippen MR) is 97.6 cm³/mol. The Morgan fingerprint density at radius 2 is 1.96 bits per heavy atom. The van der Waals surface area contributed by atoms with Crippen LogP contribution >= 0.6 is 28.3 Å². The molecule has 23 heavy (non-hydrogen) atoms. The van der Waals surface area contributed by atoms with Crippen LogP contribution in [0.1, 0.15) is 31.4 Å². The molecule has 0 bridgehead atoms. The molecule has 1 fully saturated rings. The Labute approximate surface area is 152 Å². The van der Waals surface area contributed by atoms with Gasteiger partial charge in [-0.2, -0.15) is 0 Å². The molecule has 1 saturated heterocycles. The third-order valence-electron chi connectivity index (χ3n) is 4.23. The van der Waals surface area contributed by atoms with Gasteiger partial charge >= 0.3 is 0 Å². The van der Waals surface area contributed by atoms with Crippen LogP contribution in [0.25, 0.3) is 0 Å². The number of hydrogen-bond donors (Lipinski definition) is 2. The van der Waals surface area contributed by atoms with Gasteiger partial charge in [0.05, 0.1) is 6.04 Å². The van der Waals surface area contributed by atoms with Crippen LogP contribution in [0.3, 0.4) is 0 Å². The first-order chi connectivity index (χ1) is 10.3. The number of amides is 1. The second-order valence-electron chi connectivity index (χ2n) is 5.77. The monoisotopic (exact) mass is 424 g/mol. The van der Waals surface area contributed by atoms with Crippen LogP contribution in [0.5, 0.6) is 0 Å². The molecule has 130 valence electrons. The van der Waals surface area contributed by atoms with Crippen LogP contribution in [-0.2, 0) is 14.6 Å². The van der Waals surface area contributed by atoms with Gasteiger partial charge in [0.15, 0.2) is 14.6 Å². The van der Waals surface area contributed by atoms with Crippen molar-refractivity contribution in [3.63, 3.8) is 0 Å². The van der Waals surface area contributed by atoms with Crippen LogP contribution in [0, 0.1) is 0 Å². The van der Waals surface area contributed by atoms with Crippen molar-refractivity contribution in [1.82, 2.24) is 10.6 Å². The van der Waals surface area contributed by atoms with E-state index >= 15 is 0 Å². The fourth-order valence-corrected chi connectivity index (χ4v) is 4.54. The van der Waals surface area contributed by atoms with Crippen molar-refractivity contribution in [2.75, 3.05) is 19.3 Å². The molecule has 1 unspecified atom stereocenters. The van der Waals surface area contributed by atoms with Gasteiger partial charge in [0, 0.05) is 10.7 Å². The fourth-order valence-electron chi connectivity index (χ4n) is 2.78. The highest BCUT2D eigenvalue weighted by atomic mass is 79.9. The highest BCUT2D eigenvalue weighted by Crippen LogP contribution is 2.29. The first-order valence-corrected chi connectivity index (χ1v) is 9.91. The van der Waals surface area contributed by atoms with Gasteiger partial charge < -0.3 is 10.6 Å². The maximum absolute atomic E-state index is 12.7. The summed E-state index contributed by atoms with van der Waals surface area (Å²) in [6.45, 7) is 2.92. The number of rotatable bonds is 4. The average molecular weight is 426 g/mol. The molecule has 0 aliphatic carbocycles. The maximum atomic E-state index is 12.7. The van der Waals surface area contributed by atoms with E-state index in [0.717, 1.165) is 16.3 Å². The summed E-state index contributed by atoms with van der Waals surface area (Å²) in [6.07, 6.45) is 1.77. The normalized spacial score (nSPS) is 18.6. The second-order valence-corrected chi connectivity index (χ2v) is 9.01. The van der Waals surface area contributed by atoms with E-state index in [1.807, 2.05) is 31.2 Å². The molecule has 1 aromatic rings. The minimum absolute atomic E-state index is 0. The van der Waals surface area contributed by atoms with Crippen molar-refractivity contribution in [2.45, 2.75) is 30.6 Å². The average Bonchev–Trinajstić information content (AvgIpc) is 2.46. The van der Waals surface area contributed by atoms with Gasteiger partial charge in [-0.3, -0.25) is 4.79 Å². The molecule has 1 aromatic carbocycles. The number of carbonyl (C=O) groups excluding carboxylic acids is 1. The standard InChI is InChI=1S/C15H21BrN2O3S.ClH/c1-11(12-4-3-5-13(16)10-12)18-14(19)15(22(2,20)21)6-8-17-9-7-15;/h3-5,10-11,17H,6-9H2,1-2H3,(H,18,19);1H. The van der Waals surface area contributed by atoms with E-state index in [1.54, 1.807) is 0 Å². The fraction of sp³-hybridized carbons (Fsp3) is 0.533. The summed E-state index contributed by atoms with van der Waals surface area (Å²) >= 11 is 3.40. The number of sulfone groups is 1. The van der Waals surface area contributed by atoms with Crippen molar-refractivity contribution < 1.29 is 13.2 Å². The van der Waals surface area contributed by atoms with Gasteiger partial charge in [-0.25, -0.2) is 8.42 Å². The van der Waals surface area contributed by atoms with E-state index in [1.165, 1.54) is 0 Å². The van der Waals surface area contributed by atoms with Crippen molar-refractivity contribution in [1.29, 1.82) is 0 Å². The Hall–Kier alpha value is -0.630. The molecule has 1 amide bonds. The quantitative estimate of drug-likeness (QED) is 0.775. The Kier molecular flexibility index (Phi) is 7.07. The Morgan fingerprint density at radius 1 is 1.35 bits per heavy atom. The summed E-state index contributed by atoms with van der Waals surface area (Å²) in [5.74, 6) is -0.399. The molecule has 1 aliphatic rings. The van der Waals surface area contributed by atoms with Crippen LogP contribution in [0.2, 0.25) is 0 Å². The minimum Gasteiger partial charge on any atom is -0.348 e. The van der Waals surface area contributed by atoms with E-state index < -0.39 is 20.5 Å². The Morgan fingerprint density at radius 3 is 2.48 bits per heavy atom. The van der Waals surface area contributed by atoms with Crippen molar-refractivity contribution in [3.8, 4) is 0 Å². The van der Waals surface area contributed by atoms with Gasteiger partial charge in [-0.15, -0.1) is 12.4 Å². The van der Waals surface area contributed by atoms with Gasteiger partial charge in [0.2, 0.25) is 5.91 Å².